The van der Waals surface area contributed by atoms with Crippen LogP contribution < -0.4 is 0 Å². The summed E-state index contributed by atoms with van der Waals surface area (Å²) >= 11 is 0. The fourth-order valence-corrected chi connectivity index (χ4v) is 1.88. The number of aromatic nitrogens is 4. The molecule has 0 fully saturated rings. The van der Waals surface area contributed by atoms with Crippen molar-refractivity contribution in [2.75, 3.05) is 20.2 Å². The lowest BCUT2D eigenvalue weighted by Crippen LogP contribution is -2.29. The molecule has 0 aliphatic heterocycles. The third-order valence-corrected chi connectivity index (χ3v) is 3.09. The molecular formula is C14H19N5O2. The van der Waals surface area contributed by atoms with Gasteiger partial charge < -0.3 is 10.0 Å². The predicted octanol–water partition coefficient (Wildman–Crippen LogP) is 0.571. The number of hydrogen-bond acceptors (Lipinski definition) is 5. The van der Waals surface area contributed by atoms with Gasteiger partial charge in [-0.25, -0.2) is 0 Å². The number of aryl methyl sites for hydroxylation is 1. The number of amides is 1. The van der Waals surface area contributed by atoms with Crippen LogP contribution in [0.5, 0.6) is 0 Å². The van der Waals surface area contributed by atoms with E-state index >= 15 is 0 Å². The van der Waals surface area contributed by atoms with Crippen LogP contribution in [-0.4, -0.2) is 56.3 Å². The fourth-order valence-electron chi connectivity index (χ4n) is 1.88. The summed E-state index contributed by atoms with van der Waals surface area (Å²) in [5, 5.41) is 21.0. The van der Waals surface area contributed by atoms with Gasteiger partial charge >= 0.3 is 0 Å². The van der Waals surface area contributed by atoms with Crippen LogP contribution in [0.15, 0.2) is 30.3 Å². The zero-order valence-electron chi connectivity index (χ0n) is 12.0. The number of aliphatic hydroxyl groups excluding tert-OH is 1. The number of likely N-dealkylation sites (N-methyl/N-ethyl adjacent to an activating group) is 1. The molecule has 7 heteroatoms. The molecule has 1 N–H and O–H groups in total. The summed E-state index contributed by atoms with van der Waals surface area (Å²) < 4.78 is 0. The van der Waals surface area contributed by atoms with Gasteiger partial charge in [-0.3, -0.25) is 4.79 Å². The van der Waals surface area contributed by atoms with E-state index in [0.717, 1.165) is 5.56 Å². The molecule has 0 atom stereocenters. The van der Waals surface area contributed by atoms with E-state index in [1.807, 2.05) is 30.3 Å². The Bertz CT molecular complexity index is 570. The summed E-state index contributed by atoms with van der Waals surface area (Å²) in [7, 11) is 1.68. The van der Waals surface area contributed by atoms with Gasteiger partial charge in [-0.2, -0.15) is 4.80 Å². The van der Waals surface area contributed by atoms with Crippen molar-refractivity contribution >= 4 is 5.91 Å². The molecule has 2 rings (SSSR count). The Morgan fingerprint density at radius 1 is 1.33 bits per heavy atom. The Morgan fingerprint density at radius 2 is 2.10 bits per heavy atom. The number of aliphatic hydroxyl groups is 1. The first-order valence-electron chi connectivity index (χ1n) is 6.89. The zero-order valence-corrected chi connectivity index (χ0v) is 12.0. The first-order valence-corrected chi connectivity index (χ1v) is 6.89. The van der Waals surface area contributed by atoms with Crippen molar-refractivity contribution in [3.05, 3.63) is 30.3 Å². The zero-order chi connectivity index (χ0) is 15.1. The van der Waals surface area contributed by atoms with E-state index in [9.17, 15) is 4.79 Å². The smallest absolute Gasteiger partial charge is 0.222 e. The number of rotatable bonds is 7. The Morgan fingerprint density at radius 3 is 2.81 bits per heavy atom. The van der Waals surface area contributed by atoms with Crippen LogP contribution in [0.1, 0.15) is 12.8 Å². The van der Waals surface area contributed by atoms with Gasteiger partial charge in [0.1, 0.15) is 0 Å². The molecule has 1 heterocycles. The lowest BCUT2D eigenvalue weighted by atomic mass is 10.2. The molecule has 0 aliphatic carbocycles. The highest BCUT2D eigenvalue weighted by Crippen LogP contribution is 2.11. The van der Waals surface area contributed by atoms with E-state index in [-0.39, 0.29) is 12.5 Å². The summed E-state index contributed by atoms with van der Waals surface area (Å²) in [6.07, 6.45) is 1.04. The summed E-state index contributed by atoms with van der Waals surface area (Å²) in [6.45, 7) is 0.879. The highest BCUT2D eigenvalue weighted by molar-refractivity contribution is 5.75. The molecular weight excluding hydrogens is 270 g/mol. The molecule has 7 nitrogen and oxygen atoms in total. The van der Waals surface area contributed by atoms with E-state index in [1.165, 1.54) is 9.70 Å². The Hall–Kier alpha value is -2.28. The Kier molecular flexibility index (Phi) is 5.39. The predicted molar refractivity (Wildman–Crippen MR) is 77.2 cm³/mol. The molecule has 21 heavy (non-hydrogen) atoms. The van der Waals surface area contributed by atoms with Crippen LogP contribution in [0.3, 0.4) is 0 Å². The minimum Gasteiger partial charge on any atom is -0.395 e. The topological polar surface area (TPSA) is 84.1 Å². The van der Waals surface area contributed by atoms with Gasteiger partial charge in [0.05, 0.1) is 13.2 Å². The van der Waals surface area contributed by atoms with E-state index in [1.54, 1.807) is 7.05 Å². The third kappa shape index (κ3) is 4.35. The number of benzene rings is 1. The first kappa shape index (κ1) is 15.1. The quantitative estimate of drug-likeness (QED) is 0.805. The van der Waals surface area contributed by atoms with Gasteiger partial charge in [-0.05, 0) is 11.6 Å². The van der Waals surface area contributed by atoms with E-state index in [0.29, 0.717) is 31.8 Å². The molecule has 2 aromatic rings. The molecule has 0 saturated heterocycles. The van der Waals surface area contributed by atoms with Crippen LogP contribution in [0.4, 0.5) is 0 Å². The van der Waals surface area contributed by atoms with Gasteiger partial charge in [-0.15, -0.1) is 10.2 Å². The molecule has 0 aliphatic rings. The third-order valence-electron chi connectivity index (χ3n) is 3.09. The van der Waals surface area contributed by atoms with Crippen LogP contribution in [0.2, 0.25) is 0 Å². The SMILES string of the molecule is CN(CCO)C(=O)CCCn1nnc(-c2ccccc2)n1. The number of nitrogens with zero attached hydrogens (tertiary/aromatic N) is 5. The number of hydrogen-bond donors (Lipinski definition) is 1. The maximum absolute atomic E-state index is 11.7. The van der Waals surface area contributed by atoms with Crippen LogP contribution in [0, 0.1) is 0 Å². The average Bonchev–Trinajstić information content (AvgIpc) is 2.97. The van der Waals surface area contributed by atoms with Gasteiger partial charge in [0, 0.05) is 25.6 Å². The number of carbonyl (C=O) groups excluding carboxylic acids is 1. The molecule has 0 unspecified atom stereocenters. The molecule has 1 aromatic carbocycles. The van der Waals surface area contributed by atoms with E-state index < -0.39 is 0 Å². The Labute approximate surface area is 123 Å². The van der Waals surface area contributed by atoms with Gasteiger partial charge in [0.2, 0.25) is 11.7 Å². The number of carbonyl (C=O) groups is 1. The second kappa shape index (κ2) is 7.49. The average molecular weight is 289 g/mol. The van der Waals surface area contributed by atoms with E-state index in [2.05, 4.69) is 15.4 Å². The number of tetrazole rings is 1. The molecule has 0 spiro atoms. The summed E-state index contributed by atoms with van der Waals surface area (Å²) in [5.41, 5.74) is 0.919. The van der Waals surface area contributed by atoms with E-state index in [4.69, 9.17) is 5.11 Å². The van der Waals surface area contributed by atoms with Gasteiger partial charge in [-0.1, -0.05) is 30.3 Å². The van der Waals surface area contributed by atoms with Crippen molar-refractivity contribution in [3.63, 3.8) is 0 Å². The highest BCUT2D eigenvalue weighted by atomic mass is 16.3. The molecule has 0 bridgehead atoms. The van der Waals surface area contributed by atoms with Crippen molar-refractivity contribution < 1.29 is 9.90 Å². The van der Waals surface area contributed by atoms with Gasteiger partial charge in [0.25, 0.3) is 0 Å². The lowest BCUT2D eigenvalue weighted by Gasteiger charge is -2.14. The summed E-state index contributed by atoms with van der Waals surface area (Å²) in [4.78, 5) is 14.7. The van der Waals surface area contributed by atoms with Crippen molar-refractivity contribution in [2.45, 2.75) is 19.4 Å². The summed E-state index contributed by atoms with van der Waals surface area (Å²) in [5.74, 6) is 0.590. The minimum atomic E-state index is -0.0205. The molecule has 0 saturated carbocycles. The Balaban J connectivity index is 1.82. The molecule has 112 valence electrons. The normalized spacial score (nSPS) is 10.6. The molecule has 1 aromatic heterocycles. The lowest BCUT2D eigenvalue weighted by molar-refractivity contribution is -0.130. The monoisotopic (exact) mass is 289 g/mol. The standard InChI is InChI=1S/C14H19N5O2/c1-18(10-11-20)13(21)8-5-9-19-16-14(15-17-19)12-6-3-2-4-7-12/h2-4,6-7,20H,5,8-11H2,1H3. The largest absolute Gasteiger partial charge is 0.395 e. The van der Waals surface area contributed by atoms with Crippen molar-refractivity contribution in [3.8, 4) is 11.4 Å². The minimum absolute atomic E-state index is 0.00690. The van der Waals surface area contributed by atoms with Crippen LogP contribution in [-0.2, 0) is 11.3 Å². The second-order valence-corrected chi connectivity index (χ2v) is 4.72. The fraction of sp³-hybridized carbons (Fsp3) is 0.429. The maximum atomic E-state index is 11.7. The van der Waals surface area contributed by atoms with Crippen molar-refractivity contribution in [2.24, 2.45) is 0 Å². The van der Waals surface area contributed by atoms with Crippen molar-refractivity contribution in [1.29, 1.82) is 0 Å². The highest BCUT2D eigenvalue weighted by Gasteiger charge is 2.09. The van der Waals surface area contributed by atoms with Gasteiger partial charge in [0.15, 0.2) is 0 Å². The van der Waals surface area contributed by atoms with Crippen LogP contribution in [0.25, 0.3) is 11.4 Å². The van der Waals surface area contributed by atoms with Crippen molar-refractivity contribution in [1.82, 2.24) is 25.1 Å². The van der Waals surface area contributed by atoms with Crippen LogP contribution >= 0.6 is 0 Å². The second-order valence-electron chi connectivity index (χ2n) is 4.72. The molecule has 1 amide bonds. The summed E-state index contributed by atoms with van der Waals surface area (Å²) in [6, 6.07) is 9.63. The first-order chi connectivity index (χ1) is 10.2. The maximum Gasteiger partial charge on any atom is 0.222 e. The molecule has 0 radical (unpaired) electrons.